The van der Waals surface area contributed by atoms with Crippen molar-refractivity contribution in [3.8, 4) is 0 Å². The largest absolute Gasteiger partial charge is 0.462 e. The van der Waals surface area contributed by atoms with Crippen LogP contribution in [0.25, 0.3) is 0 Å². The van der Waals surface area contributed by atoms with E-state index in [1.165, 1.54) is 44.9 Å². The fraction of sp³-hybridized carbons (Fsp3) is 0.592. The van der Waals surface area contributed by atoms with Crippen LogP contribution in [-0.2, 0) is 28.6 Å². The molecular weight excluding hydrogens is 1010 g/mol. The van der Waals surface area contributed by atoms with Crippen molar-refractivity contribution in [2.24, 2.45) is 0 Å². The molecule has 0 aromatic rings. The van der Waals surface area contributed by atoms with E-state index < -0.39 is 6.10 Å². The monoisotopic (exact) mass is 1130 g/mol. The van der Waals surface area contributed by atoms with Gasteiger partial charge < -0.3 is 14.2 Å². The van der Waals surface area contributed by atoms with Crippen LogP contribution in [0, 0.1) is 0 Å². The van der Waals surface area contributed by atoms with Crippen LogP contribution < -0.4 is 0 Å². The predicted octanol–water partition coefficient (Wildman–Crippen LogP) is 23.0. The molecule has 0 N–H and O–H groups in total. The maximum absolute atomic E-state index is 12.9. The van der Waals surface area contributed by atoms with Gasteiger partial charge in [0.05, 0.1) is 0 Å². The third-order valence-electron chi connectivity index (χ3n) is 13.5. The first-order valence-electron chi connectivity index (χ1n) is 33.1. The Hall–Kier alpha value is -5.23. The first kappa shape index (κ1) is 76.8. The van der Waals surface area contributed by atoms with E-state index in [1.54, 1.807) is 0 Å². The van der Waals surface area contributed by atoms with E-state index in [0.29, 0.717) is 19.3 Å². The van der Waals surface area contributed by atoms with Gasteiger partial charge in [0.15, 0.2) is 6.10 Å². The van der Waals surface area contributed by atoms with Crippen molar-refractivity contribution in [3.05, 3.63) is 170 Å². The third-order valence-corrected chi connectivity index (χ3v) is 13.5. The molecule has 0 aliphatic rings. The molecule has 0 fully saturated rings. The van der Waals surface area contributed by atoms with E-state index in [9.17, 15) is 14.4 Å². The topological polar surface area (TPSA) is 78.9 Å². The summed E-state index contributed by atoms with van der Waals surface area (Å²) in [5, 5.41) is 0. The van der Waals surface area contributed by atoms with E-state index in [1.807, 2.05) is 0 Å². The number of carbonyl (C=O) groups excluding carboxylic acids is 3. The zero-order valence-electron chi connectivity index (χ0n) is 52.7. The summed E-state index contributed by atoms with van der Waals surface area (Å²) in [6, 6.07) is 0. The highest BCUT2D eigenvalue weighted by Gasteiger charge is 2.19. The second-order valence-electron chi connectivity index (χ2n) is 21.3. The summed E-state index contributed by atoms with van der Waals surface area (Å²) in [6.45, 7) is 6.36. The predicted molar refractivity (Wildman–Crippen MR) is 357 cm³/mol. The first-order chi connectivity index (χ1) is 40.5. The molecule has 0 aliphatic heterocycles. The van der Waals surface area contributed by atoms with Crippen molar-refractivity contribution >= 4 is 17.9 Å². The van der Waals surface area contributed by atoms with Crippen LogP contribution in [0.4, 0.5) is 0 Å². The molecule has 0 heterocycles. The molecule has 82 heavy (non-hydrogen) atoms. The van der Waals surface area contributed by atoms with Crippen molar-refractivity contribution in [1.29, 1.82) is 0 Å². The second kappa shape index (κ2) is 68.3. The number of rotatable bonds is 58. The van der Waals surface area contributed by atoms with E-state index in [0.717, 1.165) is 186 Å². The van der Waals surface area contributed by atoms with Gasteiger partial charge in [-0.15, -0.1) is 0 Å². The molecule has 0 saturated heterocycles. The van der Waals surface area contributed by atoms with Gasteiger partial charge in [0.2, 0.25) is 0 Å². The van der Waals surface area contributed by atoms with Gasteiger partial charge in [-0.1, -0.05) is 287 Å². The molecule has 0 amide bonds. The lowest BCUT2D eigenvalue weighted by molar-refractivity contribution is -0.167. The number of hydrogen-bond acceptors (Lipinski definition) is 6. The number of esters is 3. The van der Waals surface area contributed by atoms with Gasteiger partial charge in [-0.2, -0.15) is 0 Å². The van der Waals surface area contributed by atoms with E-state index >= 15 is 0 Å². The Morgan fingerprint density at radius 3 is 0.744 bits per heavy atom. The number of carbonyl (C=O) groups is 3. The van der Waals surface area contributed by atoms with Crippen LogP contribution in [-0.4, -0.2) is 37.2 Å². The van der Waals surface area contributed by atoms with E-state index in [-0.39, 0.29) is 31.1 Å². The minimum Gasteiger partial charge on any atom is -0.462 e. The summed E-state index contributed by atoms with van der Waals surface area (Å²) in [7, 11) is 0. The summed E-state index contributed by atoms with van der Waals surface area (Å²) in [5.41, 5.74) is 0. The highest BCUT2D eigenvalue weighted by Crippen LogP contribution is 2.14. The van der Waals surface area contributed by atoms with Crippen LogP contribution in [0.1, 0.15) is 271 Å². The summed E-state index contributed by atoms with van der Waals surface area (Å²) in [5.74, 6) is -0.942. The van der Waals surface area contributed by atoms with Gasteiger partial charge >= 0.3 is 17.9 Å². The van der Waals surface area contributed by atoms with Gasteiger partial charge in [0, 0.05) is 19.3 Å². The molecule has 1 atom stereocenters. The molecule has 6 nitrogen and oxygen atoms in total. The summed E-state index contributed by atoms with van der Waals surface area (Å²) in [6.07, 6.45) is 101. The Bertz CT molecular complexity index is 1870. The number of unbranched alkanes of at least 4 members (excludes halogenated alkanes) is 19. The van der Waals surface area contributed by atoms with Crippen molar-refractivity contribution in [1.82, 2.24) is 0 Å². The van der Waals surface area contributed by atoms with Gasteiger partial charge in [0.1, 0.15) is 13.2 Å². The highest BCUT2D eigenvalue weighted by atomic mass is 16.6. The average Bonchev–Trinajstić information content (AvgIpc) is 3.48. The van der Waals surface area contributed by atoms with E-state index in [4.69, 9.17) is 14.2 Å². The lowest BCUT2D eigenvalue weighted by atomic mass is 10.1. The molecule has 6 heteroatoms. The molecule has 1 unspecified atom stereocenters. The van der Waals surface area contributed by atoms with Crippen LogP contribution in [0.2, 0.25) is 0 Å². The van der Waals surface area contributed by atoms with Crippen molar-refractivity contribution in [3.63, 3.8) is 0 Å². The minimum absolute atomic E-state index is 0.0982. The highest BCUT2D eigenvalue weighted by molar-refractivity contribution is 5.71. The molecule has 0 aliphatic carbocycles. The maximum atomic E-state index is 12.9. The fourth-order valence-corrected chi connectivity index (χ4v) is 8.58. The Morgan fingerprint density at radius 2 is 0.476 bits per heavy atom. The third kappa shape index (κ3) is 65.6. The Kier molecular flexibility index (Phi) is 63.9. The Labute approximate surface area is 504 Å². The molecule has 0 radical (unpaired) electrons. The lowest BCUT2D eigenvalue weighted by Gasteiger charge is -2.18. The lowest BCUT2D eigenvalue weighted by Crippen LogP contribution is -2.30. The van der Waals surface area contributed by atoms with Crippen molar-refractivity contribution in [2.75, 3.05) is 13.2 Å². The molecule has 460 valence electrons. The maximum Gasteiger partial charge on any atom is 0.306 e. The molecular formula is C76H120O6. The number of hydrogen-bond donors (Lipinski definition) is 0. The van der Waals surface area contributed by atoms with Gasteiger partial charge in [-0.25, -0.2) is 0 Å². The normalized spacial score (nSPS) is 13.3. The number of allylic oxidation sites excluding steroid dienone is 28. The van der Waals surface area contributed by atoms with Gasteiger partial charge in [0.25, 0.3) is 0 Å². The van der Waals surface area contributed by atoms with Gasteiger partial charge in [-0.3, -0.25) is 14.4 Å². The Balaban J connectivity index is 4.39. The number of ether oxygens (including phenoxy) is 3. The van der Waals surface area contributed by atoms with Crippen LogP contribution >= 0.6 is 0 Å². The summed E-state index contributed by atoms with van der Waals surface area (Å²) < 4.78 is 16.9. The van der Waals surface area contributed by atoms with E-state index in [2.05, 4.69) is 191 Å². The second-order valence-corrected chi connectivity index (χ2v) is 21.3. The minimum atomic E-state index is -0.805. The van der Waals surface area contributed by atoms with Gasteiger partial charge in [-0.05, 0) is 135 Å². The molecule has 0 aromatic heterocycles. The SMILES string of the molecule is CC/C=C\C/C=C\C/C=C\C/C=C\C/C=C\C/C=C\C/C=C\CCCCCCCC(=O)OCC(COC(=O)CCCCCCCCCCCC)OC(=O)CCCCCCC/C=C\C/C=C\C/C=C\C/C=C\C/C=C\C/C=C\C/C=C\CC. The summed E-state index contributed by atoms with van der Waals surface area (Å²) >= 11 is 0. The quantitative estimate of drug-likeness (QED) is 0.0261. The summed E-state index contributed by atoms with van der Waals surface area (Å²) in [4.78, 5) is 38.3. The smallest absolute Gasteiger partial charge is 0.306 e. The van der Waals surface area contributed by atoms with Crippen molar-refractivity contribution < 1.29 is 28.6 Å². The first-order valence-corrected chi connectivity index (χ1v) is 33.1. The molecule has 0 saturated carbocycles. The fourth-order valence-electron chi connectivity index (χ4n) is 8.58. The van der Waals surface area contributed by atoms with Crippen LogP contribution in [0.5, 0.6) is 0 Å². The molecule has 0 bridgehead atoms. The standard InChI is InChI=1S/C76H120O6/c1-4-7-10-13-16-19-22-24-26-28-30-32-34-36-38-40-42-44-46-48-50-52-54-57-60-63-66-69-75(78)81-72-73(71-80-74(77)68-65-62-59-56-21-18-15-12-9-6-3)82-76(79)70-67-64-61-58-55-53-51-49-47-45-43-41-39-37-35-33-31-29-27-25-23-20-17-14-11-8-5-2/h7-8,10-11,16-17,19-20,24-27,30-33,36-39,42-45,48-51,73H,4-6,9,12-15,18,21-23,28-29,34-35,40-41,46-47,52-72H2,1-3H3/b10-7-,11-8-,19-16-,20-17-,26-24-,27-25-,32-30-,33-31-,38-36-,39-37-,44-42-,45-43-,50-48-,51-49-. The Morgan fingerprint density at radius 1 is 0.256 bits per heavy atom. The van der Waals surface area contributed by atoms with Crippen molar-refractivity contribution in [2.45, 2.75) is 277 Å². The zero-order valence-corrected chi connectivity index (χ0v) is 52.7. The zero-order chi connectivity index (χ0) is 59.2. The molecule has 0 aromatic carbocycles. The van der Waals surface area contributed by atoms with Crippen LogP contribution in [0.15, 0.2) is 170 Å². The molecule has 0 rings (SSSR count). The molecule has 0 spiro atoms. The average molecular weight is 1130 g/mol. The van der Waals surface area contributed by atoms with Crippen LogP contribution in [0.3, 0.4) is 0 Å².